The molecule has 0 bridgehead atoms. The van der Waals surface area contributed by atoms with E-state index in [4.69, 9.17) is 0 Å². The van der Waals surface area contributed by atoms with E-state index in [1.807, 2.05) is 31.2 Å². The van der Waals surface area contributed by atoms with Crippen LogP contribution in [0, 0.1) is 6.92 Å². The Balaban J connectivity index is 0.000000424. The SMILES string of the molecule is CCC.Cc1ccc(NC=O)cc1. The van der Waals surface area contributed by atoms with Gasteiger partial charge in [-0.15, -0.1) is 0 Å². The first-order chi connectivity index (χ1) is 6.24. The van der Waals surface area contributed by atoms with Crippen LogP contribution in [0.2, 0.25) is 0 Å². The zero-order chi connectivity index (χ0) is 10.1. The molecule has 0 unspecified atom stereocenters. The van der Waals surface area contributed by atoms with Crippen LogP contribution in [-0.2, 0) is 4.79 Å². The molecule has 0 fully saturated rings. The second-order valence-electron chi connectivity index (χ2n) is 2.84. The summed E-state index contributed by atoms with van der Waals surface area (Å²) in [5.41, 5.74) is 2.03. The first-order valence-electron chi connectivity index (χ1n) is 4.51. The molecule has 1 aromatic rings. The molecule has 0 atom stereocenters. The lowest BCUT2D eigenvalue weighted by atomic mass is 10.2. The number of carbonyl (C=O) groups excluding carboxylic acids is 1. The molecule has 13 heavy (non-hydrogen) atoms. The van der Waals surface area contributed by atoms with Gasteiger partial charge in [-0.05, 0) is 19.1 Å². The Morgan fingerprint density at radius 1 is 1.23 bits per heavy atom. The lowest BCUT2D eigenvalue weighted by molar-refractivity contribution is -0.105. The lowest BCUT2D eigenvalue weighted by Crippen LogP contribution is -1.92. The zero-order valence-electron chi connectivity index (χ0n) is 8.50. The molecule has 72 valence electrons. The normalized spacial score (nSPS) is 8.23. The van der Waals surface area contributed by atoms with Gasteiger partial charge in [-0.3, -0.25) is 4.79 Å². The number of hydrogen-bond donors (Lipinski definition) is 1. The number of amides is 1. The fourth-order valence-corrected chi connectivity index (χ4v) is 0.718. The molecule has 1 N–H and O–H groups in total. The first-order valence-corrected chi connectivity index (χ1v) is 4.51. The Morgan fingerprint density at radius 3 is 2.08 bits per heavy atom. The molecule has 0 radical (unpaired) electrons. The van der Waals surface area contributed by atoms with E-state index in [1.165, 1.54) is 12.0 Å². The maximum Gasteiger partial charge on any atom is 0.211 e. The predicted octanol–water partition coefficient (Wildman–Crippen LogP) is 2.98. The highest BCUT2D eigenvalue weighted by atomic mass is 16.1. The van der Waals surface area contributed by atoms with Gasteiger partial charge in [0.05, 0.1) is 0 Å². The number of carbonyl (C=O) groups is 1. The average Bonchev–Trinajstić information content (AvgIpc) is 2.11. The Kier molecular flexibility index (Phi) is 6.60. The van der Waals surface area contributed by atoms with Gasteiger partial charge in [-0.1, -0.05) is 38.0 Å². The average molecular weight is 179 g/mol. The minimum atomic E-state index is 0.671. The Bertz CT molecular complexity index is 228. The quantitative estimate of drug-likeness (QED) is 0.695. The summed E-state index contributed by atoms with van der Waals surface area (Å²) < 4.78 is 0. The molecule has 0 heterocycles. The number of benzene rings is 1. The van der Waals surface area contributed by atoms with E-state index in [0.717, 1.165) is 5.69 Å². The van der Waals surface area contributed by atoms with Crippen molar-refractivity contribution >= 4 is 12.1 Å². The summed E-state index contributed by atoms with van der Waals surface area (Å²) in [6.07, 6.45) is 1.92. The summed E-state index contributed by atoms with van der Waals surface area (Å²) in [6, 6.07) is 7.63. The first kappa shape index (κ1) is 11.7. The number of aryl methyl sites for hydroxylation is 1. The highest BCUT2D eigenvalue weighted by Gasteiger charge is 1.86. The van der Waals surface area contributed by atoms with Crippen molar-refractivity contribution in [2.45, 2.75) is 27.2 Å². The summed E-state index contributed by atoms with van der Waals surface area (Å²) in [6.45, 7) is 6.25. The number of anilines is 1. The summed E-state index contributed by atoms with van der Waals surface area (Å²) in [4.78, 5) is 9.95. The van der Waals surface area contributed by atoms with Crippen LogP contribution >= 0.6 is 0 Å². The molecule has 0 aromatic heterocycles. The second kappa shape index (κ2) is 7.35. The summed E-state index contributed by atoms with van der Waals surface area (Å²) in [7, 11) is 0. The molecule has 1 rings (SSSR count). The van der Waals surface area contributed by atoms with E-state index in [-0.39, 0.29) is 0 Å². The van der Waals surface area contributed by atoms with E-state index in [0.29, 0.717) is 6.41 Å². The highest BCUT2D eigenvalue weighted by Crippen LogP contribution is 2.06. The fraction of sp³-hybridized carbons (Fsp3) is 0.364. The summed E-state index contributed by atoms with van der Waals surface area (Å²) >= 11 is 0. The van der Waals surface area contributed by atoms with Crippen LogP contribution in [0.25, 0.3) is 0 Å². The third-order valence-electron chi connectivity index (χ3n) is 1.28. The summed E-state index contributed by atoms with van der Waals surface area (Å²) in [5.74, 6) is 0. The van der Waals surface area contributed by atoms with Gasteiger partial charge in [0.1, 0.15) is 0 Å². The molecule has 0 aliphatic carbocycles. The molecule has 0 aliphatic heterocycles. The molecule has 0 aliphatic rings. The van der Waals surface area contributed by atoms with Crippen molar-refractivity contribution in [3.05, 3.63) is 29.8 Å². The van der Waals surface area contributed by atoms with Gasteiger partial charge in [0.2, 0.25) is 6.41 Å². The maximum absolute atomic E-state index is 9.95. The van der Waals surface area contributed by atoms with Gasteiger partial charge in [-0.2, -0.15) is 0 Å². The van der Waals surface area contributed by atoms with E-state index in [2.05, 4.69) is 19.2 Å². The third kappa shape index (κ3) is 5.91. The molecule has 0 saturated heterocycles. The van der Waals surface area contributed by atoms with Crippen LogP contribution in [0.5, 0.6) is 0 Å². The van der Waals surface area contributed by atoms with E-state index in [9.17, 15) is 4.79 Å². The smallest absolute Gasteiger partial charge is 0.211 e. The molecule has 0 saturated carbocycles. The van der Waals surface area contributed by atoms with Gasteiger partial charge in [0.25, 0.3) is 0 Å². The standard InChI is InChI=1S/C8H9NO.C3H8/c1-7-2-4-8(5-3-7)9-6-10;1-3-2/h2-6H,1H3,(H,9,10);3H2,1-2H3. The number of nitrogens with one attached hydrogen (secondary N) is 1. The topological polar surface area (TPSA) is 29.1 Å². The molecule has 2 nitrogen and oxygen atoms in total. The largest absolute Gasteiger partial charge is 0.329 e. The van der Waals surface area contributed by atoms with Crippen LogP contribution in [0.4, 0.5) is 5.69 Å². The van der Waals surface area contributed by atoms with Gasteiger partial charge < -0.3 is 5.32 Å². The Labute approximate surface area is 80.0 Å². The molecular formula is C11H17NO. The van der Waals surface area contributed by atoms with Crippen LogP contribution < -0.4 is 5.32 Å². The maximum atomic E-state index is 9.95. The van der Waals surface area contributed by atoms with E-state index in [1.54, 1.807) is 0 Å². The molecule has 1 aromatic carbocycles. The van der Waals surface area contributed by atoms with Gasteiger partial charge in [0, 0.05) is 5.69 Å². The molecule has 2 heteroatoms. The van der Waals surface area contributed by atoms with Crippen molar-refractivity contribution in [2.75, 3.05) is 5.32 Å². The second-order valence-corrected chi connectivity index (χ2v) is 2.84. The Hall–Kier alpha value is -1.31. The highest BCUT2D eigenvalue weighted by molar-refractivity contribution is 5.70. The minimum Gasteiger partial charge on any atom is -0.329 e. The predicted molar refractivity (Wildman–Crippen MR) is 56.8 cm³/mol. The van der Waals surface area contributed by atoms with Crippen LogP contribution in [-0.4, -0.2) is 6.41 Å². The van der Waals surface area contributed by atoms with Gasteiger partial charge in [-0.25, -0.2) is 0 Å². The van der Waals surface area contributed by atoms with Crippen LogP contribution in [0.3, 0.4) is 0 Å². The lowest BCUT2D eigenvalue weighted by Gasteiger charge is -1.96. The number of rotatable bonds is 2. The summed E-state index contributed by atoms with van der Waals surface area (Å²) in [5, 5.41) is 2.55. The number of hydrogen-bond acceptors (Lipinski definition) is 1. The zero-order valence-corrected chi connectivity index (χ0v) is 8.50. The van der Waals surface area contributed by atoms with E-state index < -0.39 is 0 Å². The van der Waals surface area contributed by atoms with Gasteiger partial charge in [0.15, 0.2) is 0 Å². The van der Waals surface area contributed by atoms with E-state index >= 15 is 0 Å². The third-order valence-corrected chi connectivity index (χ3v) is 1.28. The van der Waals surface area contributed by atoms with Crippen molar-refractivity contribution in [1.82, 2.24) is 0 Å². The van der Waals surface area contributed by atoms with Crippen molar-refractivity contribution in [3.63, 3.8) is 0 Å². The fourth-order valence-electron chi connectivity index (χ4n) is 0.718. The monoisotopic (exact) mass is 179 g/mol. The van der Waals surface area contributed by atoms with Crippen molar-refractivity contribution < 1.29 is 4.79 Å². The van der Waals surface area contributed by atoms with Crippen molar-refractivity contribution in [1.29, 1.82) is 0 Å². The molecular weight excluding hydrogens is 162 g/mol. The van der Waals surface area contributed by atoms with Gasteiger partial charge >= 0.3 is 0 Å². The Morgan fingerprint density at radius 2 is 1.69 bits per heavy atom. The van der Waals surface area contributed by atoms with Crippen LogP contribution in [0.15, 0.2) is 24.3 Å². The van der Waals surface area contributed by atoms with Crippen molar-refractivity contribution in [2.24, 2.45) is 0 Å². The molecule has 1 amide bonds. The molecule has 0 spiro atoms. The van der Waals surface area contributed by atoms with Crippen molar-refractivity contribution in [3.8, 4) is 0 Å². The van der Waals surface area contributed by atoms with Crippen LogP contribution in [0.1, 0.15) is 25.8 Å². The minimum absolute atomic E-state index is 0.671.